The highest BCUT2D eigenvalue weighted by molar-refractivity contribution is 5.24. The molecule has 0 aromatic heterocycles. The van der Waals surface area contributed by atoms with Crippen LogP contribution in [0, 0.1) is 5.92 Å². The largest absolute Gasteiger partial charge is 0.387 e. The number of aliphatic hydroxyl groups excluding tert-OH is 1. The molecule has 0 bridgehead atoms. The van der Waals surface area contributed by atoms with E-state index in [9.17, 15) is 5.11 Å². The number of likely N-dealkylation sites (N-methyl/N-ethyl adjacent to an activating group) is 1. The van der Waals surface area contributed by atoms with E-state index in [2.05, 4.69) is 62.0 Å². The summed E-state index contributed by atoms with van der Waals surface area (Å²) in [6.45, 7) is 7.32. The van der Waals surface area contributed by atoms with Crippen molar-refractivity contribution in [2.75, 3.05) is 33.7 Å². The minimum Gasteiger partial charge on any atom is -0.387 e. The fourth-order valence-electron chi connectivity index (χ4n) is 3.19. The molecule has 1 saturated heterocycles. The van der Waals surface area contributed by atoms with Gasteiger partial charge in [-0.2, -0.15) is 0 Å². The maximum absolute atomic E-state index is 10.4. The van der Waals surface area contributed by atoms with E-state index in [-0.39, 0.29) is 6.10 Å². The lowest BCUT2D eigenvalue weighted by Gasteiger charge is -2.23. The van der Waals surface area contributed by atoms with Crippen LogP contribution in [0.5, 0.6) is 0 Å². The van der Waals surface area contributed by atoms with Crippen LogP contribution in [0.25, 0.3) is 0 Å². The molecule has 112 valence electrons. The highest BCUT2D eigenvalue weighted by Gasteiger charge is 2.31. The van der Waals surface area contributed by atoms with Gasteiger partial charge in [-0.1, -0.05) is 38.1 Å². The average Bonchev–Trinajstić information content (AvgIpc) is 2.79. The fourth-order valence-corrected chi connectivity index (χ4v) is 3.19. The van der Waals surface area contributed by atoms with Gasteiger partial charge in [0.25, 0.3) is 0 Å². The number of benzene rings is 1. The Morgan fingerprint density at radius 1 is 1.25 bits per heavy atom. The van der Waals surface area contributed by atoms with Gasteiger partial charge in [0.1, 0.15) is 0 Å². The van der Waals surface area contributed by atoms with Crippen molar-refractivity contribution in [2.24, 2.45) is 5.92 Å². The first kappa shape index (κ1) is 15.5. The lowest BCUT2D eigenvalue weighted by Crippen LogP contribution is -2.35. The summed E-state index contributed by atoms with van der Waals surface area (Å²) in [6.07, 6.45) is 0.666. The summed E-state index contributed by atoms with van der Waals surface area (Å²) in [7, 11) is 4.29. The van der Waals surface area contributed by atoms with Gasteiger partial charge in [-0.25, -0.2) is 0 Å². The van der Waals surface area contributed by atoms with Crippen molar-refractivity contribution >= 4 is 0 Å². The Morgan fingerprint density at radius 2 is 1.90 bits per heavy atom. The molecule has 1 aliphatic rings. The third-order valence-electron chi connectivity index (χ3n) is 4.52. The molecule has 0 aliphatic carbocycles. The molecule has 1 N–H and O–H groups in total. The van der Waals surface area contributed by atoms with Crippen molar-refractivity contribution in [3.8, 4) is 0 Å². The number of β-amino-alcohol motifs (C(OH)–C–C–N with tert-alkyl or cyclic N) is 1. The molecule has 0 spiro atoms. The van der Waals surface area contributed by atoms with Gasteiger partial charge >= 0.3 is 0 Å². The van der Waals surface area contributed by atoms with Gasteiger partial charge in [0.05, 0.1) is 6.10 Å². The Labute approximate surface area is 123 Å². The van der Waals surface area contributed by atoms with Gasteiger partial charge in [-0.15, -0.1) is 0 Å². The maximum atomic E-state index is 10.4. The number of hydrogen-bond donors (Lipinski definition) is 1. The van der Waals surface area contributed by atoms with E-state index in [1.807, 2.05) is 0 Å². The molecule has 0 saturated carbocycles. The number of nitrogens with zero attached hydrogens (tertiary/aromatic N) is 2. The number of hydrogen-bond acceptors (Lipinski definition) is 3. The number of aliphatic hydroxyl groups is 1. The lowest BCUT2D eigenvalue weighted by molar-refractivity contribution is 0.122. The predicted octanol–water partition coefficient (Wildman–Crippen LogP) is 2.16. The molecule has 1 aromatic rings. The van der Waals surface area contributed by atoms with Crippen LogP contribution in [0.1, 0.15) is 31.1 Å². The molecule has 1 aliphatic heterocycles. The molecule has 3 atom stereocenters. The maximum Gasteiger partial charge on any atom is 0.0916 e. The summed E-state index contributed by atoms with van der Waals surface area (Å²) >= 11 is 0. The second kappa shape index (κ2) is 6.70. The minimum absolute atomic E-state index is 0.381. The Bertz CT molecular complexity index is 416. The molecular weight excluding hydrogens is 248 g/mol. The Kier molecular flexibility index (Phi) is 5.19. The average molecular weight is 276 g/mol. The van der Waals surface area contributed by atoms with E-state index in [0.29, 0.717) is 12.0 Å². The summed E-state index contributed by atoms with van der Waals surface area (Å²) in [5.74, 6) is 0.666. The van der Waals surface area contributed by atoms with Crippen LogP contribution in [0.2, 0.25) is 0 Å². The van der Waals surface area contributed by atoms with E-state index >= 15 is 0 Å². The standard InChI is InChI=1S/C17H28N2O/c1-5-14-6-8-15(9-7-14)17(20)12-19-10-13(2)16(11-19)18(3)4/h6-9,13,16-17,20H,5,10-12H2,1-4H3. The molecule has 0 radical (unpaired) electrons. The zero-order valence-electron chi connectivity index (χ0n) is 13.2. The first-order valence-corrected chi connectivity index (χ1v) is 7.67. The summed E-state index contributed by atoms with van der Waals surface area (Å²) < 4.78 is 0. The molecule has 0 amide bonds. The van der Waals surface area contributed by atoms with Crippen molar-refractivity contribution in [1.29, 1.82) is 0 Å². The van der Waals surface area contributed by atoms with Crippen molar-refractivity contribution in [3.05, 3.63) is 35.4 Å². The van der Waals surface area contributed by atoms with Crippen molar-refractivity contribution in [2.45, 2.75) is 32.4 Å². The SMILES string of the molecule is CCc1ccc(C(O)CN2CC(C)C(N(C)C)C2)cc1. The molecule has 20 heavy (non-hydrogen) atoms. The van der Waals surface area contributed by atoms with Gasteiger partial charge in [0.15, 0.2) is 0 Å². The molecule has 1 fully saturated rings. The topological polar surface area (TPSA) is 26.7 Å². The van der Waals surface area contributed by atoms with Crippen molar-refractivity contribution in [1.82, 2.24) is 9.80 Å². The number of aryl methyl sites for hydroxylation is 1. The molecule has 3 heteroatoms. The Morgan fingerprint density at radius 3 is 2.40 bits per heavy atom. The van der Waals surface area contributed by atoms with Gasteiger partial charge in [-0.3, -0.25) is 4.90 Å². The summed E-state index contributed by atoms with van der Waals surface area (Å²) in [4.78, 5) is 4.68. The van der Waals surface area contributed by atoms with Crippen LogP contribution in [0.3, 0.4) is 0 Å². The van der Waals surface area contributed by atoms with E-state index in [1.54, 1.807) is 0 Å². The van der Waals surface area contributed by atoms with E-state index < -0.39 is 0 Å². The van der Waals surface area contributed by atoms with Crippen molar-refractivity contribution < 1.29 is 5.11 Å². The van der Waals surface area contributed by atoms with Crippen LogP contribution in [-0.2, 0) is 6.42 Å². The third kappa shape index (κ3) is 3.60. The first-order chi connectivity index (χ1) is 9.51. The van der Waals surface area contributed by atoms with E-state index in [1.165, 1.54) is 5.56 Å². The first-order valence-electron chi connectivity index (χ1n) is 7.67. The zero-order valence-corrected chi connectivity index (χ0v) is 13.2. The molecule has 1 heterocycles. The molecule has 2 rings (SSSR count). The second-order valence-electron chi connectivity index (χ2n) is 6.34. The number of likely N-dealkylation sites (tertiary alicyclic amines) is 1. The number of rotatable bonds is 5. The normalized spacial score (nSPS) is 25.3. The monoisotopic (exact) mass is 276 g/mol. The quantitative estimate of drug-likeness (QED) is 0.893. The van der Waals surface area contributed by atoms with Crippen LogP contribution in [0.4, 0.5) is 0 Å². The summed E-state index contributed by atoms with van der Waals surface area (Å²) in [6, 6.07) is 8.96. The van der Waals surface area contributed by atoms with E-state index in [4.69, 9.17) is 0 Å². The Balaban J connectivity index is 1.93. The van der Waals surface area contributed by atoms with Crippen molar-refractivity contribution in [3.63, 3.8) is 0 Å². The van der Waals surface area contributed by atoms with Gasteiger partial charge < -0.3 is 10.0 Å². The minimum atomic E-state index is -0.381. The summed E-state index contributed by atoms with van der Waals surface area (Å²) in [5.41, 5.74) is 2.35. The zero-order chi connectivity index (χ0) is 14.7. The fraction of sp³-hybridized carbons (Fsp3) is 0.647. The van der Waals surface area contributed by atoms with Crippen LogP contribution >= 0.6 is 0 Å². The van der Waals surface area contributed by atoms with Crippen LogP contribution in [-0.4, -0.2) is 54.7 Å². The van der Waals surface area contributed by atoms with Gasteiger partial charge in [0.2, 0.25) is 0 Å². The highest BCUT2D eigenvalue weighted by Crippen LogP contribution is 2.23. The highest BCUT2D eigenvalue weighted by atomic mass is 16.3. The lowest BCUT2D eigenvalue weighted by atomic mass is 10.1. The predicted molar refractivity (Wildman–Crippen MR) is 83.9 cm³/mol. The van der Waals surface area contributed by atoms with Gasteiger partial charge in [-0.05, 0) is 37.6 Å². The van der Waals surface area contributed by atoms with Crippen LogP contribution < -0.4 is 0 Å². The molecule has 3 unspecified atom stereocenters. The molecule has 3 nitrogen and oxygen atoms in total. The molecular formula is C17H28N2O. The second-order valence-corrected chi connectivity index (χ2v) is 6.34. The molecule has 1 aromatic carbocycles. The third-order valence-corrected chi connectivity index (χ3v) is 4.52. The summed E-state index contributed by atoms with van der Waals surface area (Å²) in [5, 5.41) is 10.4. The Hall–Kier alpha value is -0.900. The smallest absolute Gasteiger partial charge is 0.0916 e. The van der Waals surface area contributed by atoms with E-state index in [0.717, 1.165) is 31.6 Å². The van der Waals surface area contributed by atoms with Gasteiger partial charge in [0, 0.05) is 25.7 Å². The van der Waals surface area contributed by atoms with Crippen LogP contribution in [0.15, 0.2) is 24.3 Å².